The van der Waals surface area contributed by atoms with Crippen LogP contribution in [0.5, 0.6) is 0 Å². The zero-order valence-corrected chi connectivity index (χ0v) is 13.8. The van der Waals surface area contributed by atoms with Crippen LogP contribution in [0.4, 0.5) is 0 Å². The minimum atomic E-state index is 0.0236. The first-order valence-electron chi connectivity index (χ1n) is 7.94. The third-order valence-electron chi connectivity index (χ3n) is 3.97. The van der Waals surface area contributed by atoms with Crippen LogP contribution in [-0.2, 0) is 6.54 Å². The van der Waals surface area contributed by atoms with Crippen molar-refractivity contribution in [3.8, 4) is 5.69 Å². The molecule has 2 N–H and O–H groups in total. The lowest BCUT2D eigenvalue weighted by atomic mass is 9.89. The molecular formula is C18H27N3O. The summed E-state index contributed by atoms with van der Waals surface area (Å²) in [6.45, 7) is 8.28. The summed E-state index contributed by atoms with van der Waals surface area (Å²) in [5.41, 5.74) is 3.40. The van der Waals surface area contributed by atoms with E-state index in [1.165, 1.54) is 5.56 Å². The summed E-state index contributed by atoms with van der Waals surface area (Å²) in [5, 5.41) is 17.3. The predicted molar refractivity (Wildman–Crippen MR) is 90.1 cm³/mol. The van der Waals surface area contributed by atoms with Crippen LogP contribution in [0.3, 0.4) is 0 Å². The summed E-state index contributed by atoms with van der Waals surface area (Å²) in [4.78, 5) is 0. The minimum Gasteiger partial charge on any atom is -0.396 e. The number of benzene rings is 1. The Morgan fingerprint density at radius 1 is 1.23 bits per heavy atom. The lowest BCUT2D eigenvalue weighted by Crippen LogP contribution is -2.21. The van der Waals surface area contributed by atoms with Gasteiger partial charge in [0.1, 0.15) is 0 Å². The number of aliphatic hydroxyl groups is 1. The van der Waals surface area contributed by atoms with Crippen molar-refractivity contribution in [2.24, 2.45) is 5.41 Å². The molecule has 2 rings (SSSR count). The van der Waals surface area contributed by atoms with E-state index in [9.17, 15) is 5.11 Å². The second-order valence-electron chi connectivity index (χ2n) is 6.62. The molecule has 22 heavy (non-hydrogen) atoms. The van der Waals surface area contributed by atoms with Crippen molar-refractivity contribution in [1.29, 1.82) is 0 Å². The van der Waals surface area contributed by atoms with E-state index in [0.717, 1.165) is 37.3 Å². The lowest BCUT2D eigenvalue weighted by Gasteiger charge is -2.21. The van der Waals surface area contributed by atoms with Gasteiger partial charge in [0.15, 0.2) is 0 Å². The van der Waals surface area contributed by atoms with E-state index >= 15 is 0 Å². The standard InChI is InChI=1S/C18H27N3O/c1-15-16(12-19-11-7-10-18(2,3)14-22)13-21(20-15)17-8-5-4-6-9-17/h4-6,8-9,13,19,22H,7,10-12,14H2,1-3H3. The van der Waals surface area contributed by atoms with Gasteiger partial charge in [-0.1, -0.05) is 32.0 Å². The van der Waals surface area contributed by atoms with Crippen molar-refractivity contribution >= 4 is 0 Å². The fourth-order valence-corrected chi connectivity index (χ4v) is 2.38. The fraction of sp³-hybridized carbons (Fsp3) is 0.500. The summed E-state index contributed by atoms with van der Waals surface area (Å²) < 4.78 is 1.93. The third kappa shape index (κ3) is 4.68. The van der Waals surface area contributed by atoms with Crippen LogP contribution in [0.25, 0.3) is 5.69 Å². The first-order valence-corrected chi connectivity index (χ1v) is 7.94. The van der Waals surface area contributed by atoms with E-state index in [1.54, 1.807) is 0 Å². The van der Waals surface area contributed by atoms with E-state index in [-0.39, 0.29) is 12.0 Å². The van der Waals surface area contributed by atoms with Gasteiger partial charge in [0, 0.05) is 24.9 Å². The fourth-order valence-electron chi connectivity index (χ4n) is 2.38. The van der Waals surface area contributed by atoms with Crippen LogP contribution < -0.4 is 5.32 Å². The number of aryl methyl sites for hydroxylation is 1. The molecule has 0 fully saturated rings. The third-order valence-corrected chi connectivity index (χ3v) is 3.97. The van der Waals surface area contributed by atoms with Crippen molar-refractivity contribution < 1.29 is 5.11 Å². The lowest BCUT2D eigenvalue weighted by molar-refractivity contribution is 0.148. The molecule has 0 atom stereocenters. The second-order valence-corrected chi connectivity index (χ2v) is 6.62. The maximum Gasteiger partial charge on any atom is 0.0645 e. The highest BCUT2D eigenvalue weighted by Gasteiger charge is 2.15. The Kier molecular flexibility index (Phi) is 5.75. The van der Waals surface area contributed by atoms with Gasteiger partial charge in [0.25, 0.3) is 0 Å². The summed E-state index contributed by atoms with van der Waals surface area (Å²) in [5.74, 6) is 0. The van der Waals surface area contributed by atoms with Gasteiger partial charge in [0.05, 0.1) is 11.4 Å². The highest BCUT2D eigenvalue weighted by molar-refractivity contribution is 5.32. The first-order chi connectivity index (χ1) is 10.5. The topological polar surface area (TPSA) is 50.1 Å². The van der Waals surface area contributed by atoms with Crippen molar-refractivity contribution in [1.82, 2.24) is 15.1 Å². The monoisotopic (exact) mass is 301 g/mol. The van der Waals surface area contributed by atoms with Gasteiger partial charge in [-0.15, -0.1) is 0 Å². The van der Waals surface area contributed by atoms with Gasteiger partial charge in [-0.2, -0.15) is 5.10 Å². The number of rotatable bonds is 8. The molecule has 4 nitrogen and oxygen atoms in total. The van der Waals surface area contributed by atoms with E-state index in [2.05, 4.69) is 42.6 Å². The molecule has 1 aromatic carbocycles. The Hall–Kier alpha value is -1.65. The van der Waals surface area contributed by atoms with Crippen LogP contribution >= 0.6 is 0 Å². The first kappa shape index (κ1) is 16.7. The van der Waals surface area contributed by atoms with Crippen LogP contribution in [0.15, 0.2) is 36.5 Å². The largest absolute Gasteiger partial charge is 0.396 e. The average Bonchev–Trinajstić information content (AvgIpc) is 2.89. The SMILES string of the molecule is Cc1nn(-c2ccccc2)cc1CNCCCC(C)(C)CO. The normalized spacial score (nSPS) is 11.8. The minimum absolute atomic E-state index is 0.0236. The molecule has 120 valence electrons. The van der Waals surface area contributed by atoms with E-state index < -0.39 is 0 Å². The molecule has 0 saturated carbocycles. The number of hydrogen-bond acceptors (Lipinski definition) is 3. The van der Waals surface area contributed by atoms with Crippen LogP contribution in [-0.4, -0.2) is 28.0 Å². The number of hydrogen-bond donors (Lipinski definition) is 2. The van der Waals surface area contributed by atoms with Gasteiger partial charge in [0.2, 0.25) is 0 Å². The molecule has 1 heterocycles. The van der Waals surface area contributed by atoms with Gasteiger partial charge in [-0.3, -0.25) is 0 Å². The number of para-hydroxylation sites is 1. The molecule has 0 aliphatic rings. The Morgan fingerprint density at radius 3 is 2.64 bits per heavy atom. The number of aromatic nitrogens is 2. The molecule has 0 amide bonds. The van der Waals surface area contributed by atoms with Crippen molar-refractivity contribution in [2.45, 2.75) is 40.2 Å². The number of nitrogens with zero attached hydrogens (tertiary/aromatic N) is 2. The molecule has 0 unspecified atom stereocenters. The van der Waals surface area contributed by atoms with Crippen LogP contribution in [0.1, 0.15) is 37.9 Å². The maximum atomic E-state index is 9.24. The Bertz CT molecular complexity index is 575. The van der Waals surface area contributed by atoms with Gasteiger partial charge >= 0.3 is 0 Å². The van der Waals surface area contributed by atoms with E-state index in [1.807, 2.05) is 29.8 Å². The zero-order chi connectivity index (χ0) is 16.0. The highest BCUT2D eigenvalue weighted by atomic mass is 16.3. The quantitative estimate of drug-likeness (QED) is 0.737. The molecule has 0 bridgehead atoms. The van der Waals surface area contributed by atoms with Crippen LogP contribution in [0, 0.1) is 12.3 Å². The molecule has 0 radical (unpaired) electrons. The van der Waals surface area contributed by atoms with Crippen molar-refractivity contribution in [3.63, 3.8) is 0 Å². The maximum absolute atomic E-state index is 9.24. The smallest absolute Gasteiger partial charge is 0.0645 e. The van der Waals surface area contributed by atoms with E-state index in [0.29, 0.717) is 0 Å². The van der Waals surface area contributed by atoms with Gasteiger partial charge < -0.3 is 10.4 Å². The van der Waals surface area contributed by atoms with Crippen molar-refractivity contribution in [2.75, 3.05) is 13.2 Å². The molecule has 0 saturated heterocycles. The van der Waals surface area contributed by atoms with Crippen LogP contribution in [0.2, 0.25) is 0 Å². The summed E-state index contributed by atoms with van der Waals surface area (Å²) >= 11 is 0. The summed E-state index contributed by atoms with van der Waals surface area (Å²) in [6, 6.07) is 10.2. The molecular weight excluding hydrogens is 274 g/mol. The van der Waals surface area contributed by atoms with Gasteiger partial charge in [-0.05, 0) is 43.9 Å². The molecule has 1 aromatic heterocycles. The molecule has 4 heteroatoms. The highest BCUT2D eigenvalue weighted by Crippen LogP contribution is 2.20. The molecule has 0 aliphatic heterocycles. The molecule has 0 aliphatic carbocycles. The van der Waals surface area contributed by atoms with Crippen molar-refractivity contribution in [3.05, 3.63) is 47.8 Å². The predicted octanol–water partition coefficient (Wildman–Crippen LogP) is 3.07. The molecule has 0 spiro atoms. The number of aliphatic hydroxyl groups excluding tert-OH is 1. The Labute approximate surface area is 133 Å². The molecule has 2 aromatic rings. The summed E-state index contributed by atoms with van der Waals surface area (Å²) in [7, 11) is 0. The number of nitrogens with one attached hydrogen (secondary N) is 1. The Balaban J connectivity index is 1.83. The summed E-state index contributed by atoms with van der Waals surface area (Å²) in [6.07, 6.45) is 4.19. The Morgan fingerprint density at radius 2 is 1.95 bits per heavy atom. The zero-order valence-electron chi connectivity index (χ0n) is 13.8. The second kappa shape index (κ2) is 7.56. The van der Waals surface area contributed by atoms with Gasteiger partial charge in [-0.25, -0.2) is 4.68 Å². The van der Waals surface area contributed by atoms with E-state index in [4.69, 9.17) is 0 Å². The average molecular weight is 301 g/mol.